The van der Waals surface area contributed by atoms with E-state index in [1.807, 2.05) is 23.6 Å². The summed E-state index contributed by atoms with van der Waals surface area (Å²) in [5, 5.41) is 5.89. The molecule has 0 aliphatic heterocycles. The van der Waals surface area contributed by atoms with Crippen molar-refractivity contribution in [3.8, 4) is 44.6 Å². The van der Waals surface area contributed by atoms with Crippen LogP contribution in [-0.2, 0) is 0 Å². The fourth-order valence-corrected chi connectivity index (χ4v) is 8.29. The predicted octanol–water partition coefficient (Wildman–Crippen LogP) is 12.6. The van der Waals surface area contributed by atoms with E-state index in [2.05, 4.69) is 146 Å². The Morgan fingerprint density at radius 1 is 0.500 bits per heavy atom. The standard InChI is InChI=1S/C44H26N2OS/c1-2-11-27(12-3-1)37-25-31-13-4-5-18-33(31)40-41-44(47-42(37)40)46-38(26-45-41)32-17-9-15-29(24-32)28-14-8-16-30(23-28)34-20-10-21-36-35-19-6-7-22-39(35)48-43(34)36/h1-26H. The molecule has 7 aromatic carbocycles. The van der Waals surface area contributed by atoms with Crippen molar-refractivity contribution in [2.45, 2.75) is 0 Å². The van der Waals surface area contributed by atoms with Crippen LogP contribution >= 0.6 is 11.3 Å². The molecular weight excluding hydrogens is 605 g/mol. The van der Waals surface area contributed by atoms with Gasteiger partial charge in [0.15, 0.2) is 0 Å². The summed E-state index contributed by atoms with van der Waals surface area (Å²) < 4.78 is 9.21. The summed E-state index contributed by atoms with van der Waals surface area (Å²) >= 11 is 1.86. The lowest BCUT2D eigenvalue weighted by Gasteiger charge is -2.09. The average molecular weight is 631 g/mol. The summed E-state index contributed by atoms with van der Waals surface area (Å²) in [6.07, 6.45) is 1.87. The number of aromatic nitrogens is 2. The minimum Gasteiger partial charge on any atom is -0.436 e. The molecule has 0 saturated carbocycles. The van der Waals surface area contributed by atoms with Crippen molar-refractivity contribution in [1.82, 2.24) is 9.97 Å². The Labute approximate surface area is 280 Å². The second-order valence-corrected chi connectivity index (χ2v) is 13.2. The summed E-state index contributed by atoms with van der Waals surface area (Å²) in [7, 11) is 0. The summed E-state index contributed by atoms with van der Waals surface area (Å²) in [5.74, 6) is 0. The van der Waals surface area contributed by atoms with E-state index < -0.39 is 0 Å². The van der Waals surface area contributed by atoms with Gasteiger partial charge in [0.1, 0.15) is 11.1 Å². The molecule has 0 spiro atoms. The summed E-state index contributed by atoms with van der Waals surface area (Å²) in [4.78, 5) is 10.0. The van der Waals surface area contributed by atoms with Crippen molar-refractivity contribution < 1.29 is 4.42 Å². The largest absolute Gasteiger partial charge is 0.436 e. The van der Waals surface area contributed by atoms with Gasteiger partial charge in [-0.1, -0.05) is 127 Å². The van der Waals surface area contributed by atoms with Gasteiger partial charge < -0.3 is 4.42 Å². The highest BCUT2D eigenvalue weighted by atomic mass is 32.1. The van der Waals surface area contributed by atoms with E-state index in [0.717, 1.165) is 60.8 Å². The maximum absolute atomic E-state index is 6.57. The molecule has 4 heteroatoms. The molecule has 3 nitrogen and oxygen atoms in total. The predicted molar refractivity (Wildman–Crippen MR) is 201 cm³/mol. The first kappa shape index (κ1) is 27.1. The average Bonchev–Trinajstić information content (AvgIpc) is 3.74. The molecule has 3 heterocycles. The normalized spacial score (nSPS) is 11.8. The number of fused-ring (bicyclic) bond motifs is 8. The quantitative estimate of drug-likeness (QED) is 0.194. The van der Waals surface area contributed by atoms with Crippen LogP contribution in [0.25, 0.3) is 97.8 Å². The number of hydrogen-bond donors (Lipinski definition) is 0. The van der Waals surface area contributed by atoms with E-state index in [-0.39, 0.29) is 0 Å². The van der Waals surface area contributed by atoms with Gasteiger partial charge in [0.2, 0.25) is 5.71 Å². The molecular formula is C44H26N2OS. The summed E-state index contributed by atoms with van der Waals surface area (Å²) in [6.45, 7) is 0. The van der Waals surface area contributed by atoms with Crippen molar-refractivity contribution in [3.05, 3.63) is 158 Å². The van der Waals surface area contributed by atoms with Crippen molar-refractivity contribution in [2.24, 2.45) is 0 Å². The molecule has 0 aliphatic rings. The Hall–Kier alpha value is -6.10. The lowest BCUT2D eigenvalue weighted by atomic mass is 9.96. The zero-order valence-corrected chi connectivity index (χ0v) is 26.5. The number of benzene rings is 7. The molecule has 0 aliphatic carbocycles. The molecule has 48 heavy (non-hydrogen) atoms. The van der Waals surface area contributed by atoms with Crippen molar-refractivity contribution in [1.29, 1.82) is 0 Å². The SMILES string of the molecule is c1ccc(-c2cc3ccccc3c3c2oc2nc(-c4cccc(-c5cccc(-c6cccc7c6sc6ccccc67)c5)c4)cnc23)cc1. The Balaban J connectivity index is 1.08. The van der Waals surface area contributed by atoms with Gasteiger partial charge in [0.05, 0.1) is 17.3 Å². The van der Waals surface area contributed by atoms with Gasteiger partial charge in [-0.2, -0.15) is 0 Å². The lowest BCUT2D eigenvalue weighted by Crippen LogP contribution is -1.88. The fraction of sp³-hybridized carbons (Fsp3) is 0. The Morgan fingerprint density at radius 3 is 2.04 bits per heavy atom. The van der Waals surface area contributed by atoms with Gasteiger partial charge in [-0.25, -0.2) is 9.97 Å². The van der Waals surface area contributed by atoms with Crippen LogP contribution in [0.3, 0.4) is 0 Å². The highest BCUT2D eigenvalue weighted by Crippen LogP contribution is 2.42. The first-order valence-corrected chi connectivity index (χ1v) is 16.9. The molecule has 0 amide bonds. The maximum atomic E-state index is 6.57. The van der Waals surface area contributed by atoms with E-state index in [0.29, 0.717) is 5.71 Å². The topological polar surface area (TPSA) is 38.9 Å². The van der Waals surface area contributed by atoms with E-state index in [1.165, 1.54) is 31.3 Å². The fourth-order valence-electron chi connectivity index (χ4n) is 7.05. The summed E-state index contributed by atoms with van der Waals surface area (Å²) in [6, 6.07) is 53.7. The van der Waals surface area contributed by atoms with Crippen LogP contribution in [0.2, 0.25) is 0 Å². The van der Waals surface area contributed by atoms with Crippen LogP contribution in [0.15, 0.2) is 162 Å². The first-order valence-electron chi connectivity index (χ1n) is 16.1. The van der Waals surface area contributed by atoms with E-state index in [9.17, 15) is 0 Å². The van der Waals surface area contributed by atoms with Crippen molar-refractivity contribution in [2.75, 3.05) is 0 Å². The van der Waals surface area contributed by atoms with Gasteiger partial charge in [0, 0.05) is 31.3 Å². The third kappa shape index (κ3) is 4.27. The molecule has 0 fully saturated rings. The molecule has 10 rings (SSSR count). The van der Waals surface area contributed by atoms with Crippen molar-refractivity contribution >= 4 is 64.5 Å². The minimum absolute atomic E-state index is 0.542. The van der Waals surface area contributed by atoms with Gasteiger partial charge in [-0.3, -0.25) is 0 Å². The first-order chi connectivity index (χ1) is 23.8. The minimum atomic E-state index is 0.542. The van der Waals surface area contributed by atoms with Crippen LogP contribution in [0.5, 0.6) is 0 Å². The van der Waals surface area contributed by atoms with E-state index >= 15 is 0 Å². The van der Waals surface area contributed by atoms with Gasteiger partial charge >= 0.3 is 0 Å². The molecule has 0 atom stereocenters. The highest BCUT2D eigenvalue weighted by Gasteiger charge is 2.19. The Bertz CT molecular complexity index is 2850. The van der Waals surface area contributed by atoms with Crippen LogP contribution in [-0.4, -0.2) is 9.97 Å². The van der Waals surface area contributed by atoms with Crippen LogP contribution in [0.4, 0.5) is 0 Å². The Morgan fingerprint density at radius 2 is 1.17 bits per heavy atom. The highest BCUT2D eigenvalue weighted by molar-refractivity contribution is 7.26. The number of thiophene rings is 1. The number of nitrogens with zero attached hydrogens (tertiary/aromatic N) is 2. The van der Waals surface area contributed by atoms with Gasteiger partial charge in [-0.15, -0.1) is 11.3 Å². The molecule has 0 bridgehead atoms. The van der Waals surface area contributed by atoms with Crippen LogP contribution in [0.1, 0.15) is 0 Å². The third-order valence-electron chi connectivity index (χ3n) is 9.33. The molecule has 224 valence electrons. The second-order valence-electron chi connectivity index (χ2n) is 12.2. The molecule has 0 unspecified atom stereocenters. The lowest BCUT2D eigenvalue weighted by molar-refractivity contribution is 0.654. The van der Waals surface area contributed by atoms with Crippen LogP contribution in [0, 0.1) is 0 Å². The molecule has 0 N–H and O–H groups in total. The molecule has 10 aromatic rings. The second kappa shape index (κ2) is 10.7. The Kier molecular flexibility index (Phi) is 6.05. The number of furan rings is 1. The molecule has 3 aromatic heterocycles. The van der Waals surface area contributed by atoms with Gasteiger partial charge in [0.25, 0.3) is 0 Å². The smallest absolute Gasteiger partial charge is 0.246 e. The summed E-state index contributed by atoms with van der Waals surface area (Å²) in [5.41, 5.74) is 10.8. The molecule has 0 saturated heterocycles. The third-order valence-corrected chi connectivity index (χ3v) is 10.6. The zero-order valence-electron chi connectivity index (χ0n) is 25.7. The number of hydrogen-bond acceptors (Lipinski definition) is 4. The van der Waals surface area contributed by atoms with Crippen LogP contribution < -0.4 is 0 Å². The maximum Gasteiger partial charge on any atom is 0.246 e. The van der Waals surface area contributed by atoms with Crippen molar-refractivity contribution in [3.63, 3.8) is 0 Å². The van der Waals surface area contributed by atoms with E-state index in [4.69, 9.17) is 14.4 Å². The van der Waals surface area contributed by atoms with E-state index in [1.54, 1.807) is 0 Å². The van der Waals surface area contributed by atoms with Gasteiger partial charge in [-0.05, 0) is 62.9 Å². The number of rotatable bonds is 4. The molecule has 0 radical (unpaired) electrons. The monoisotopic (exact) mass is 630 g/mol. The zero-order chi connectivity index (χ0) is 31.6.